The molecular weight excluding hydrogens is 629 g/mol. The highest BCUT2D eigenvalue weighted by molar-refractivity contribution is 6.34. The van der Waals surface area contributed by atoms with E-state index >= 15 is 0 Å². The van der Waals surface area contributed by atoms with Crippen molar-refractivity contribution in [2.24, 2.45) is 0 Å². The maximum absolute atomic E-state index is 2.51. The van der Waals surface area contributed by atoms with Crippen molar-refractivity contribution >= 4 is 86.7 Å². The first-order chi connectivity index (χ1) is 25.8. The Morgan fingerprint density at radius 1 is 0.269 bits per heavy atom. The van der Waals surface area contributed by atoms with Crippen LogP contribution in [-0.2, 0) is 0 Å². The molecule has 0 saturated carbocycles. The van der Waals surface area contributed by atoms with Gasteiger partial charge in [-0.25, -0.2) is 0 Å². The fourth-order valence-corrected chi connectivity index (χ4v) is 9.21. The number of fused-ring (bicyclic) bond motifs is 10. The summed E-state index contributed by atoms with van der Waals surface area (Å²) in [4.78, 5) is 0. The number of para-hydroxylation sites is 2. The maximum atomic E-state index is 2.51. The van der Waals surface area contributed by atoms with Gasteiger partial charge in [0.1, 0.15) is 0 Å². The zero-order valence-corrected chi connectivity index (χ0v) is 28.2. The number of nitrogens with zero attached hydrogens (tertiary/aromatic N) is 2. The first-order valence-electron chi connectivity index (χ1n) is 18.0. The van der Waals surface area contributed by atoms with Crippen LogP contribution in [-0.4, -0.2) is 9.13 Å². The minimum atomic E-state index is 1.16. The van der Waals surface area contributed by atoms with E-state index in [0.29, 0.717) is 0 Å². The molecule has 0 saturated heterocycles. The van der Waals surface area contributed by atoms with E-state index in [2.05, 4.69) is 191 Å². The van der Waals surface area contributed by atoms with Crippen LogP contribution in [0.4, 0.5) is 0 Å². The van der Waals surface area contributed by atoms with E-state index in [1.165, 1.54) is 104 Å². The average molecular weight is 659 g/mol. The van der Waals surface area contributed by atoms with Gasteiger partial charge in [-0.1, -0.05) is 133 Å². The molecular formula is C50H30N2. The summed E-state index contributed by atoms with van der Waals surface area (Å²) in [6, 6.07) is 67.2. The zero-order valence-electron chi connectivity index (χ0n) is 28.2. The summed E-state index contributed by atoms with van der Waals surface area (Å²) in [7, 11) is 0. The van der Waals surface area contributed by atoms with Gasteiger partial charge in [0.25, 0.3) is 0 Å². The molecule has 0 N–H and O–H groups in total. The Kier molecular flexibility index (Phi) is 5.53. The Labute approximate surface area is 299 Å². The maximum Gasteiger partial charge on any atom is 0.0647 e. The second kappa shape index (κ2) is 10.3. The Bertz CT molecular complexity index is 3350. The molecule has 0 radical (unpaired) electrons. The third kappa shape index (κ3) is 3.68. The number of hydrogen-bond acceptors (Lipinski definition) is 0. The van der Waals surface area contributed by atoms with Gasteiger partial charge in [-0.3, -0.25) is 0 Å². The van der Waals surface area contributed by atoms with Crippen LogP contribution in [0, 0.1) is 0 Å². The van der Waals surface area contributed by atoms with Crippen molar-refractivity contribution in [3.8, 4) is 22.5 Å². The molecule has 0 atom stereocenters. The van der Waals surface area contributed by atoms with Crippen LogP contribution in [0.15, 0.2) is 182 Å². The molecule has 52 heavy (non-hydrogen) atoms. The standard InChI is InChI=1S/C50H30N2/c1-2-12-35(13-3-1)51-44-19-9-8-18-42(44)49-46(51)30-34-22-21-32-11-10-20-45-47(32)48(34)50(49)52(45)36-26-23-31(24-27-36)33-25-28-41-39-16-5-4-14-37(39)38-15-6-7-17-40(38)43(41)29-33/h1-30H. The molecule has 2 heterocycles. The molecule has 2 nitrogen and oxygen atoms in total. The number of hydrogen-bond donors (Lipinski definition) is 0. The molecule has 0 unspecified atom stereocenters. The molecule has 2 aromatic heterocycles. The number of aromatic nitrogens is 2. The largest absolute Gasteiger partial charge is 0.309 e. The Hall–Kier alpha value is -6.90. The molecule has 0 aliphatic rings. The molecule has 10 aromatic carbocycles. The van der Waals surface area contributed by atoms with Crippen LogP contribution in [0.25, 0.3) is 109 Å². The van der Waals surface area contributed by atoms with Crippen molar-refractivity contribution in [1.29, 1.82) is 0 Å². The van der Waals surface area contributed by atoms with E-state index in [9.17, 15) is 0 Å². The van der Waals surface area contributed by atoms with E-state index < -0.39 is 0 Å². The molecule has 0 amide bonds. The number of rotatable bonds is 3. The van der Waals surface area contributed by atoms with Gasteiger partial charge in [0, 0.05) is 32.9 Å². The summed E-state index contributed by atoms with van der Waals surface area (Å²) in [6.45, 7) is 0. The lowest BCUT2D eigenvalue weighted by molar-refractivity contribution is 1.18. The Morgan fingerprint density at radius 2 is 0.846 bits per heavy atom. The SMILES string of the molecule is c1ccc(-n2c3ccccc3c3c2cc2ccc4cccc5c4c2c3n5-c2ccc(-c3ccc4c5ccccc5c5ccccc5c4c3)cc2)cc1. The van der Waals surface area contributed by atoms with Crippen molar-refractivity contribution in [1.82, 2.24) is 9.13 Å². The van der Waals surface area contributed by atoms with Gasteiger partial charge >= 0.3 is 0 Å². The monoisotopic (exact) mass is 658 g/mol. The van der Waals surface area contributed by atoms with E-state index in [0.717, 1.165) is 5.69 Å². The molecule has 0 aliphatic carbocycles. The van der Waals surface area contributed by atoms with Gasteiger partial charge in [-0.15, -0.1) is 0 Å². The van der Waals surface area contributed by atoms with Crippen molar-refractivity contribution in [3.05, 3.63) is 182 Å². The fourth-order valence-electron chi connectivity index (χ4n) is 9.21. The van der Waals surface area contributed by atoms with Crippen molar-refractivity contribution in [2.75, 3.05) is 0 Å². The zero-order chi connectivity index (χ0) is 33.9. The minimum absolute atomic E-state index is 1.16. The molecule has 0 bridgehead atoms. The van der Waals surface area contributed by atoms with E-state index in [4.69, 9.17) is 0 Å². The van der Waals surface area contributed by atoms with Crippen LogP contribution >= 0.6 is 0 Å². The van der Waals surface area contributed by atoms with Crippen LogP contribution < -0.4 is 0 Å². The summed E-state index contributed by atoms with van der Waals surface area (Å²) in [5.74, 6) is 0. The van der Waals surface area contributed by atoms with Gasteiger partial charge in [0.05, 0.1) is 22.1 Å². The van der Waals surface area contributed by atoms with Crippen molar-refractivity contribution in [2.45, 2.75) is 0 Å². The highest BCUT2D eigenvalue weighted by Gasteiger charge is 2.23. The third-order valence-corrected chi connectivity index (χ3v) is 11.4. The topological polar surface area (TPSA) is 9.86 Å². The van der Waals surface area contributed by atoms with Gasteiger partial charge in [-0.05, 0) is 103 Å². The van der Waals surface area contributed by atoms with Crippen molar-refractivity contribution in [3.63, 3.8) is 0 Å². The summed E-state index contributed by atoms with van der Waals surface area (Å²) >= 11 is 0. The van der Waals surface area contributed by atoms with E-state index in [-0.39, 0.29) is 0 Å². The lowest BCUT2D eigenvalue weighted by Crippen LogP contribution is -1.95. The highest BCUT2D eigenvalue weighted by Crippen LogP contribution is 2.46. The fraction of sp³-hybridized carbons (Fsp3) is 0. The summed E-state index contributed by atoms with van der Waals surface area (Å²) in [6.07, 6.45) is 0. The highest BCUT2D eigenvalue weighted by atomic mass is 15.0. The molecule has 2 heteroatoms. The first-order valence-corrected chi connectivity index (χ1v) is 18.0. The smallest absolute Gasteiger partial charge is 0.0647 e. The first kappa shape index (κ1) is 27.9. The lowest BCUT2D eigenvalue weighted by atomic mass is 9.92. The predicted octanol–water partition coefficient (Wildman–Crippen LogP) is 13.6. The minimum Gasteiger partial charge on any atom is -0.309 e. The van der Waals surface area contributed by atoms with Gasteiger partial charge in [0.2, 0.25) is 0 Å². The van der Waals surface area contributed by atoms with E-state index in [1.807, 2.05) is 0 Å². The molecule has 12 rings (SSSR count). The Balaban J connectivity index is 1.12. The van der Waals surface area contributed by atoms with Crippen LogP contribution in [0.3, 0.4) is 0 Å². The molecule has 0 fully saturated rings. The number of benzene rings is 10. The molecule has 0 aliphatic heterocycles. The second-order valence-electron chi connectivity index (χ2n) is 14.1. The predicted molar refractivity (Wildman–Crippen MR) is 222 cm³/mol. The van der Waals surface area contributed by atoms with Crippen LogP contribution in [0.5, 0.6) is 0 Å². The van der Waals surface area contributed by atoms with Crippen LogP contribution in [0.1, 0.15) is 0 Å². The lowest BCUT2D eigenvalue weighted by Gasteiger charge is -2.13. The summed E-state index contributed by atoms with van der Waals surface area (Å²) in [5.41, 5.74) is 9.71. The van der Waals surface area contributed by atoms with Crippen molar-refractivity contribution < 1.29 is 0 Å². The van der Waals surface area contributed by atoms with E-state index in [1.54, 1.807) is 0 Å². The average Bonchev–Trinajstić information content (AvgIpc) is 3.74. The van der Waals surface area contributed by atoms with Gasteiger partial charge in [-0.2, -0.15) is 0 Å². The second-order valence-corrected chi connectivity index (χ2v) is 14.1. The summed E-state index contributed by atoms with van der Waals surface area (Å²) < 4.78 is 4.94. The third-order valence-electron chi connectivity index (χ3n) is 11.4. The Morgan fingerprint density at radius 3 is 1.60 bits per heavy atom. The molecule has 0 spiro atoms. The normalized spacial score (nSPS) is 12.2. The summed E-state index contributed by atoms with van der Waals surface area (Å²) in [5, 5.41) is 15.5. The quantitative estimate of drug-likeness (QED) is 0.167. The molecule has 240 valence electrons. The van der Waals surface area contributed by atoms with Gasteiger partial charge < -0.3 is 9.13 Å². The van der Waals surface area contributed by atoms with Crippen LogP contribution in [0.2, 0.25) is 0 Å². The van der Waals surface area contributed by atoms with Gasteiger partial charge in [0.15, 0.2) is 0 Å². The molecule has 12 aromatic rings.